The minimum absolute atomic E-state index is 0.00648. The first-order valence-electron chi connectivity index (χ1n) is 2.88. The lowest BCUT2D eigenvalue weighted by Crippen LogP contribution is -2.31. The molecule has 0 heterocycles. The first-order chi connectivity index (χ1) is 4.54. The molecule has 1 atom stereocenters. The van der Waals surface area contributed by atoms with Crippen LogP contribution >= 0.6 is 0 Å². The first kappa shape index (κ1) is 9.41. The number of aliphatic carboxylic acids is 1. The van der Waals surface area contributed by atoms with E-state index in [1.807, 2.05) is 0 Å². The van der Waals surface area contributed by atoms with E-state index in [-0.39, 0.29) is 12.7 Å². The zero-order chi connectivity index (χ0) is 8.15. The van der Waals surface area contributed by atoms with Gasteiger partial charge in [-0.25, -0.2) is 0 Å². The highest BCUT2D eigenvalue weighted by molar-refractivity contribution is 6.40. The van der Waals surface area contributed by atoms with Crippen molar-refractivity contribution in [2.45, 2.75) is 18.8 Å². The molecule has 0 aromatic carbocycles. The fraction of sp³-hybridized carbons (Fsp3) is 0.750. The minimum atomic E-state index is -1.47. The van der Waals surface area contributed by atoms with Gasteiger partial charge in [-0.05, 0) is 12.7 Å². The molecule has 0 rings (SSSR count). The average molecular weight is 147 g/mol. The van der Waals surface area contributed by atoms with Gasteiger partial charge in [0.25, 0.3) is 0 Å². The lowest BCUT2D eigenvalue weighted by atomic mass is 9.83. The van der Waals surface area contributed by atoms with Gasteiger partial charge in [-0.15, -0.1) is 0 Å². The summed E-state index contributed by atoms with van der Waals surface area (Å²) in [7, 11) is -1.47. The van der Waals surface area contributed by atoms with Crippen LogP contribution in [0.15, 0.2) is 0 Å². The third kappa shape index (κ3) is 4.31. The summed E-state index contributed by atoms with van der Waals surface area (Å²) in [5.41, 5.74) is 5.04. The summed E-state index contributed by atoms with van der Waals surface area (Å²) in [5.74, 6) is -1.12. The molecular formula is C4H10BNO4. The SMILES string of the molecule is NC(CCB(O)O)C(=O)O. The molecule has 0 saturated heterocycles. The Morgan fingerprint density at radius 2 is 2.10 bits per heavy atom. The Bertz CT molecular complexity index is 118. The van der Waals surface area contributed by atoms with Gasteiger partial charge in [0.2, 0.25) is 0 Å². The monoisotopic (exact) mass is 147 g/mol. The van der Waals surface area contributed by atoms with Gasteiger partial charge >= 0.3 is 13.1 Å². The van der Waals surface area contributed by atoms with Crippen molar-refractivity contribution in [3.8, 4) is 0 Å². The number of carboxylic acids is 1. The summed E-state index contributed by atoms with van der Waals surface area (Å²) in [6.07, 6.45) is 0.0699. The number of carbonyl (C=O) groups is 1. The number of rotatable bonds is 4. The van der Waals surface area contributed by atoms with Crippen molar-refractivity contribution >= 4 is 13.1 Å². The van der Waals surface area contributed by atoms with Crippen molar-refractivity contribution in [3.05, 3.63) is 0 Å². The quantitative estimate of drug-likeness (QED) is 0.353. The maximum atomic E-state index is 10.0. The lowest BCUT2D eigenvalue weighted by molar-refractivity contribution is -0.138. The summed E-state index contributed by atoms with van der Waals surface area (Å²) in [5, 5.41) is 24.8. The summed E-state index contributed by atoms with van der Waals surface area (Å²) in [6, 6.07) is -0.998. The van der Waals surface area contributed by atoms with Gasteiger partial charge in [-0.2, -0.15) is 0 Å². The van der Waals surface area contributed by atoms with E-state index in [9.17, 15) is 4.79 Å². The van der Waals surface area contributed by atoms with E-state index in [2.05, 4.69) is 0 Å². The van der Waals surface area contributed by atoms with Crippen LogP contribution in [0.5, 0.6) is 0 Å². The topological polar surface area (TPSA) is 104 Å². The van der Waals surface area contributed by atoms with Crippen LogP contribution in [-0.2, 0) is 4.79 Å². The highest BCUT2D eigenvalue weighted by Gasteiger charge is 2.15. The largest absolute Gasteiger partial charge is 0.480 e. The molecule has 58 valence electrons. The lowest BCUT2D eigenvalue weighted by Gasteiger charge is -2.03. The maximum absolute atomic E-state index is 10.0. The van der Waals surface area contributed by atoms with E-state index in [4.69, 9.17) is 20.9 Å². The van der Waals surface area contributed by atoms with E-state index in [1.165, 1.54) is 0 Å². The predicted octanol–water partition coefficient (Wildman–Crippen LogP) is -1.74. The fourth-order valence-electron chi connectivity index (χ4n) is 0.452. The van der Waals surface area contributed by atoms with E-state index >= 15 is 0 Å². The molecule has 0 aliphatic heterocycles. The molecule has 0 aliphatic carbocycles. The first-order valence-corrected chi connectivity index (χ1v) is 2.88. The second-order valence-electron chi connectivity index (χ2n) is 2.00. The number of hydrogen-bond acceptors (Lipinski definition) is 4. The molecule has 5 nitrogen and oxygen atoms in total. The van der Waals surface area contributed by atoms with Crippen molar-refractivity contribution in [1.29, 1.82) is 0 Å². The van der Waals surface area contributed by atoms with Gasteiger partial charge in [0, 0.05) is 0 Å². The molecule has 10 heavy (non-hydrogen) atoms. The van der Waals surface area contributed by atoms with Gasteiger partial charge in [0.05, 0.1) is 0 Å². The summed E-state index contributed by atoms with van der Waals surface area (Å²) < 4.78 is 0. The second-order valence-corrected chi connectivity index (χ2v) is 2.00. The molecule has 0 aromatic heterocycles. The van der Waals surface area contributed by atoms with E-state index < -0.39 is 19.1 Å². The molecule has 0 aromatic rings. The third-order valence-electron chi connectivity index (χ3n) is 1.05. The van der Waals surface area contributed by atoms with Crippen molar-refractivity contribution in [2.75, 3.05) is 0 Å². The molecule has 0 spiro atoms. The summed E-state index contributed by atoms with van der Waals surface area (Å²) in [4.78, 5) is 10.0. The predicted molar refractivity (Wildman–Crippen MR) is 35.2 cm³/mol. The Labute approximate surface area is 58.6 Å². The molecule has 0 bridgehead atoms. The van der Waals surface area contributed by atoms with Crippen molar-refractivity contribution in [1.82, 2.24) is 0 Å². The van der Waals surface area contributed by atoms with Gasteiger partial charge in [0.1, 0.15) is 6.04 Å². The van der Waals surface area contributed by atoms with Crippen LogP contribution in [0, 0.1) is 0 Å². The van der Waals surface area contributed by atoms with Crippen molar-refractivity contribution in [2.24, 2.45) is 5.73 Å². The number of hydrogen-bond donors (Lipinski definition) is 4. The molecule has 0 amide bonds. The molecule has 6 heteroatoms. The summed E-state index contributed by atoms with van der Waals surface area (Å²) in [6.45, 7) is 0. The molecule has 0 fully saturated rings. The molecule has 0 radical (unpaired) electrons. The zero-order valence-corrected chi connectivity index (χ0v) is 5.40. The normalized spacial score (nSPS) is 12.7. The smallest absolute Gasteiger partial charge is 0.451 e. The number of carboxylic acid groups (broad SMARTS) is 1. The molecule has 5 N–H and O–H groups in total. The van der Waals surface area contributed by atoms with E-state index in [0.29, 0.717) is 0 Å². The standard InChI is InChI=1S/C4H10BNO4/c6-3(4(7)8)1-2-5(9)10/h3,9-10H,1-2,6H2,(H,7,8). The van der Waals surface area contributed by atoms with Crippen molar-refractivity contribution < 1.29 is 19.9 Å². The van der Waals surface area contributed by atoms with Crippen LogP contribution < -0.4 is 5.73 Å². The van der Waals surface area contributed by atoms with Crippen LogP contribution in [0.25, 0.3) is 0 Å². The fourth-order valence-corrected chi connectivity index (χ4v) is 0.452. The maximum Gasteiger partial charge on any atom is 0.451 e. The highest BCUT2D eigenvalue weighted by Crippen LogP contribution is 1.96. The second kappa shape index (κ2) is 4.27. The third-order valence-corrected chi connectivity index (χ3v) is 1.05. The van der Waals surface area contributed by atoms with E-state index in [0.717, 1.165) is 0 Å². The Hall–Kier alpha value is -0.585. The van der Waals surface area contributed by atoms with Gasteiger partial charge in [-0.1, -0.05) is 0 Å². The van der Waals surface area contributed by atoms with Crippen LogP contribution in [-0.4, -0.2) is 34.3 Å². The van der Waals surface area contributed by atoms with E-state index in [1.54, 1.807) is 0 Å². The number of nitrogens with two attached hydrogens (primary N) is 1. The Morgan fingerprint density at radius 1 is 1.60 bits per heavy atom. The molecule has 1 unspecified atom stereocenters. The Morgan fingerprint density at radius 3 is 2.40 bits per heavy atom. The molecular weight excluding hydrogens is 137 g/mol. The Balaban J connectivity index is 3.40. The zero-order valence-electron chi connectivity index (χ0n) is 5.40. The average Bonchev–Trinajstić information content (AvgIpc) is 1.82. The van der Waals surface area contributed by atoms with Crippen molar-refractivity contribution in [3.63, 3.8) is 0 Å². The van der Waals surface area contributed by atoms with Gasteiger partial charge in [-0.3, -0.25) is 4.79 Å². The van der Waals surface area contributed by atoms with Gasteiger partial charge in [0.15, 0.2) is 0 Å². The highest BCUT2D eigenvalue weighted by atomic mass is 16.4. The van der Waals surface area contributed by atoms with Crippen LogP contribution in [0.4, 0.5) is 0 Å². The van der Waals surface area contributed by atoms with Gasteiger partial charge < -0.3 is 20.9 Å². The summed E-state index contributed by atoms with van der Waals surface area (Å²) >= 11 is 0. The Kier molecular flexibility index (Phi) is 4.02. The molecule has 0 aliphatic rings. The minimum Gasteiger partial charge on any atom is -0.480 e. The van der Waals surface area contributed by atoms with Crippen LogP contribution in [0.1, 0.15) is 6.42 Å². The molecule has 0 saturated carbocycles. The van der Waals surface area contributed by atoms with Crippen LogP contribution in [0.2, 0.25) is 6.32 Å². The van der Waals surface area contributed by atoms with Crippen LogP contribution in [0.3, 0.4) is 0 Å².